The molecule has 7 nitrogen and oxygen atoms in total. The highest BCUT2D eigenvalue weighted by Crippen LogP contribution is 2.22. The van der Waals surface area contributed by atoms with Crippen LogP contribution in [-0.4, -0.2) is 16.2 Å². The van der Waals surface area contributed by atoms with E-state index in [2.05, 4.69) is 20.8 Å². The molecule has 140 valence electrons. The van der Waals surface area contributed by atoms with Gasteiger partial charge in [0.25, 0.3) is 0 Å². The van der Waals surface area contributed by atoms with Gasteiger partial charge < -0.3 is 19.6 Å². The number of amides is 2. The number of aryl methyl sites for hydroxylation is 1. The van der Waals surface area contributed by atoms with Gasteiger partial charge in [0.05, 0.1) is 12.7 Å². The molecule has 0 unspecified atom stereocenters. The molecule has 2 amide bonds. The zero-order valence-electron chi connectivity index (χ0n) is 15.2. The van der Waals surface area contributed by atoms with Gasteiger partial charge in [0.2, 0.25) is 11.7 Å². The van der Waals surface area contributed by atoms with Crippen molar-refractivity contribution < 1.29 is 13.7 Å². The average Bonchev–Trinajstić information content (AvgIpc) is 3.37. The molecule has 0 aliphatic carbocycles. The van der Waals surface area contributed by atoms with Crippen molar-refractivity contribution in [2.75, 3.05) is 10.6 Å². The maximum absolute atomic E-state index is 12.4. The zero-order chi connectivity index (χ0) is 19.3. The number of nitrogens with zero attached hydrogens (tertiary/aromatic N) is 2. The quantitative estimate of drug-likeness (QED) is 0.520. The maximum atomic E-state index is 12.4. The number of hydrogen-bond acceptors (Lipinski definition) is 5. The van der Waals surface area contributed by atoms with E-state index in [1.165, 1.54) is 0 Å². The monoisotopic (exact) mass is 374 g/mol. The van der Waals surface area contributed by atoms with E-state index >= 15 is 0 Å². The molecule has 0 aliphatic heterocycles. The van der Waals surface area contributed by atoms with E-state index in [1.54, 1.807) is 18.4 Å². The van der Waals surface area contributed by atoms with E-state index in [9.17, 15) is 4.79 Å². The van der Waals surface area contributed by atoms with E-state index in [0.29, 0.717) is 29.6 Å². The SMILES string of the molecule is Cc1ccccc1NC(=O)Nc1ccccc1Cc1nc(-c2ccco2)no1. The number of hydrogen-bond donors (Lipinski definition) is 2. The molecule has 4 aromatic rings. The number of benzene rings is 2. The molecule has 2 heterocycles. The first kappa shape index (κ1) is 17.5. The molecule has 0 bridgehead atoms. The zero-order valence-corrected chi connectivity index (χ0v) is 15.2. The smallest absolute Gasteiger partial charge is 0.323 e. The average molecular weight is 374 g/mol. The number of carbonyl (C=O) groups excluding carboxylic acids is 1. The van der Waals surface area contributed by atoms with E-state index in [0.717, 1.165) is 16.8 Å². The lowest BCUT2D eigenvalue weighted by molar-refractivity contribution is 0.262. The Morgan fingerprint density at radius 1 is 0.964 bits per heavy atom. The number of rotatable bonds is 5. The van der Waals surface area contributed by atoms with Gasteiger partial charge in [0, 0.05) is 11.4 Å². The summed E-state index contributed by atoms with van der Waals surface area (Å²) in [6, 6.07) is 18.3. The van der Waals surface area contributed by atoms with Gasteiger partial charge in [0.1, 0.15) is 0 Å². The van der Waals surface area contributed by atoms with Gasteiger partial charge in [-0.25, -0.2) is 4.79 Å². The summed E-state index contributed by atoms with van der Waals surface area (Å²) in [7, 11) is 0. The van der Waals surface area contributed by atoms with Gasteiger partial charge in [-0.15, -0.1) is 0 Å². The third-order valence-corrected chi connectivity index (χ3v) is 4.21. The maximum Gasteiger partial charge on any atom is 0.323 e. The summed E-state index contributed by atoms with van der Waals surface area (Å²) in [6.45, 7) is 1.94. The first-order chi connectivity index (χ1) is 13.7. The van der Waals surface area contributed by atoms with Crippen LogP contribution in [0.3, 0.4) is 0 Å². The van der Waals surface area contributed by atoms with Gasteiger partial charge in [0.15, 0.2) is 5.76 Å². The lowest BCUT2D eigenvalue weighted by Gasteiger charge is -2.12. The highest BCUT2D eigenvalue weighted by molar-refractivity contribution is 6.00. The fourth-order valence-electron chi connectivity index (χ4n) is 2.78. The van der Waals surface area contributed by atoms with Crippen LogP contribution in [-0.2, 0) is 6.42 Å². The minimum absolute atomic E-state index is 0.316. The van der Waals surface area contributed by atoms with Crippen molar-refractivity contribution in [2.24, 2.45) is 0 Å². The summed E-state index contributed by atoms with van der Waals surface area (Å²) in [5.41, 5.74) is 3.28. The Balaban J connectivity index is 1.48. The second kappa shape index (κ2) is 7.79. The molecule has 2 aromatic carbocycles. The summed E-state index contributed by atoms with van der Waals surface area (Å²) in [5.74, 6) is 1.36. The fourth-order valence-corrected chi connectivity index (χ4v) is 2.78. The number of aromatic nitrogens is 2. The summed E-state index contributed by atoms with van der Waals surface area (Å²) >= 11 is 0. The lowest BCUT2D eigenvalue weighted by atomic mass is 10.1. The van der Waals surface area contributed by atoms with Gasteiger partial charge >= 0.3 is 6.03 Å². The molecule has 2 N–H and O–H groups in total. The minimum atomic E-state index is -0.316. The molecular weight excluding hydrogens is 356 g/mol. The molecule has 0 fully saturated rings. The molecule has 0 radical (unpaired) electrons. The summed E-state index contributed by atoms with van der Waals surface area (Å²) in [6.07, 6.45) is 1.94. The predicted octanol–water partition coefficient (Wildman–Crippen LogP) is 4.87. The van der Waals surface area contributed by atoms with Crippen molar-refractivity contribution in [1.29, 1.82) is 0 Å². The summed E-state index contributed by atoms with van der Waals surface area (Å²) in [4.78, 5) is 16.8. The standard InChI is InChI=1S/C21H18N4O3/c1-14-7-2-4-9-16(14)22-21(26)23-17-10-5-3-8-15(17)13-19-24-20(25-28-19)18-11-6-12-27-18/h2-12H,13H2,1H3,(H2,22,23,26). The largest absolute Gasteiger partial charge is 0.461 e. The van der Waals surface area contributed by atoms with Gasteiger partial charge in [-0.1, -0.05) is 41.6 Å². The van der Waals surface area contributed by atoms with Crippen molar-refractivity contribution in [3.8, 4) is 11.6 Å². The van der Waals surface area contributed by atoms with Crippen molar-refractivity contribution in [1.82, 2.24) is 10.1 Å². The normalized spacial score (nSPS) is 10.6. The van der Waals surface area contributed by atoms with Crippen molar-refractivity contribution in [2.45, 2.75) is 13.3 Å². The highest BCUT2D eigenvalue weighted by atomic mass is 16.5. The Kier molecular flexibility index (Phi) is 4.88. The second-order valence-corrected chi connectivity index (χ2v) is 6.22. The molecule has 0 atom stereocenters. The minimum Gasteiger partial charge on any atom is -0.461 e. The second-order valence-electron chi connectivity index (χ2n) is 6.22. The Bertz CT molecular complexity index is 1090. The van der Waals surface area contributed by atoms with E-state index in [1.807, 2.05) is 55.5 Å². The molecule has 0 saturated heterocycles. The number of furan rings is 1. The summed E-state index contributed by atoms with van der Waals surface area (Å²) in [5, 5.41) is 9.67. The van der Waals surface area contributed by atoms with Gasteiger partial charge in [-0.3, -0.25) is 0 Å². The molecule has 0 spiro atoms. The van der Waals surface area contributed by atoms with Crippen LogP contribution in [0, 0.1) is 6.92 Å². The van der Waals surface area contributed by atoms with Crippen LogP contribution in [0.2, 0.25) is 0 Å². The molecule has 0 saturated carbocycles. The lowest BCUT2D eigenvalue weighted by Crippen LogP contribution is -2.20. The Morgan fingerprint density at radius 3 is 2.50 bits per heavy atom. The Hall–Kier alpha value is -3.87. The van der Waals surface area contributed by atoms with Gasteiger partial charge in [-0.05, 0) is 42.3 Å². The molecule has 4 rings (SSSR count). The molecule has 7 heteroatoms. The predicted molar refractivity (Wildman–Crippen MR) is 105 cm³/mol. The highest BCUT2D eigenvalue weighted by Gasteiger charge is 2.14. The van der Waals surface area contributed by atoms with Gasteiger partial charge in [-0.2, -0.15) is 4.98 Å². The van der Waals surface area contributed by atoms with Crippen LogP contribution in [0.15, 0.2) is 75.9 Å². The number of para-hydroxylation sites is 2. The number of nitrogens with one attached hydrogen (secondary N) is 2. The third-order valence-electron chi connectivity index (χ3n) is 4.21. The third kappa shape index (κ3) is 3.93. The fraction of sp³-hybridized carbons (Fsp3) is 0.0952. The van der Waals surface area contributed by atoms with Crippen molar-refractivity contribution >= 4 is 17.4 Å². The first-order valence-electron chi connectivity index (χ1n) is 8.77. The van der Waals surface area contributed by atoms with E-state index < -0.39 is 0 Å². The van der Waals surface area contributed by atoms with Crippen LogP contribution in [0.25, 0.3) is 11.6 Å². The Labute approximate surface area is 161 Å². The van der Waals surface area contributed by atoms with Crippen LogP contribution >= 0.6 is 0 Å². The van der Waals surface area contributed by atoms with Crippen molar-refractivity contribution in [3.63, 3.8) is 0 Å². The number of urea groups is 1. The van der Waals surface area contributed by atoms with E-state index in [-0.39, 0.29) is 6.03 Å². The van der Waals surface area contributed by atoms with Crippen LogP contribution in [0.1, 0.15) is 17.0 Å². The number of carbonyl (C=O) groups is 1. The van der Waals surface area contributed by atoms with E-state index in [4.69, 9.17) is 8.94 Å². The van der Waals surface area contributed by atoms with Crippen LogP contribution in [0.5, 0.6) is 0 Å². The Morgan fingerprint density at radius 2 is 1.71 bits per heavy atom. The van der Waals surface area contributed by atoms with Crippen molar-refractivity contribution in [3.05, 3.63) is 83.9 Å². The van der Waals surface area contributed by atoms with Crippen LogP contribution < -0.4 is 10.6 Å². The summed E-state index contributed by atoms with van der Waals surface area (Å²) < 4.78 is 10.6. The molecule has 2 aromatic heterocycles. The molecule has 0 aliphatic rings. The first-order valence-corrected chi connectivity index (χ1v) is 8.77. The number of anilines is 2. The molecule has 28 heavy (non-hydrogen) atoms. The molecular formula is C21H18N4O3. The topological polar surface area (TPSA) is 93.2 Å². The van der Waals surface area contributed by atoms with Crippen LogP contribution in [0.4, 0.5) is 16.2 Å².